The van der Waals surface area contributed by atoms with Crippen molar-refractivity contribution in [3.05, 3.63) is 54.6 Å². The van der Waals surface area contributed by atoms with Gasteiger partial charge in [0.2, 0.25) is 12.2 Å². The van der Waals surface area contributed by atoms with Crippen LogP contribution in [0.2, 0.25) is 0 Å². The molecule has 1 saturated heterocycles. The molecule has 3 aromatic heterocycles. The number of H-pyrrole nitrogens is 1. The van der Waals surface area contributed by atoms with Gasteiger partial charge in [0.05, 0.1) is 29.6 Å². The number of aromatic nitrogens is 5. The number of carbonyl (C=O) groups is 1. The van der Waals surface area contributed by atoms with Gasteiger partial charge in [0.25, 0.3) is 5.91 Å². The van der Waals surface area contributed by atoms with E-state index in [0.717, 1.165) is 29.7 Å². The zero-order valence-electron chi connectivity index (χ0n) is 16.7. The monoisotopic (exact) mass is 421 g/mol. The van der Waals surface area contributed by atoms with E-state index >= 15 is 0 Å². The first kappa shape index (κ1) is 19.2. The quantitative estimate of drug-likeness (QED) is 0.442. The maximum Gasteiger partial charge on any atom is 0.276 e. The first-order valence-electron chi connectivity index (χ1n) is 9.88. The van der Waals surface area contributed by atoms with Crippen molar-refractivity contribution >= 4 is 22.5 Å². The van der Waals surface area contributed by atoms with E-state index in [9.17, 15) is 9.18 Å². The van der Waals surface area contributed by atoms with E-state index in [1.165, 1.54) is 19.2 Å². The largest absolute Gasteiger partial charge is 0.444 e. The van der Waals surface area contributed by atoms with Crippen LogP contribution in [-0.4, -0.2) is 50.3 Å². The number of amides is 1. The van der Waals surface area contributed by atoms with Crippen molar-refractivity contribution in [2.24, 2.45) is 0 Å². The van der Waals surface area contributed by atoms with Gasteiger partial charge in [-0.1, -0.05) is 6.07 Å². The number of alkyl halides is 1. The first-order valence-corrected chi connectivity index (χ1v) is 9.88. The van der Waals surface area contributed by atoms with Gasteiger partial charge < -0.3 is 15.4 Å². The van der Waals surface area contributed by atoms with E-state index in [2.05, 4.69) is 30.9 Å². The second-order valence-corrected chi connectivity index (χ2v) is 7.35. The number of rotatable bonds is 6. The summed E-state index contributed by atoms with van der Waals surface area (Å²) in [7, 11) is 0. The Bertz CT molecular complexity index is 1230. The Morgan fingerprint density at radius 1 is 1.26 bits per heavy atom. The third-order valence-corrected chi connectivity index (χ3v) is 5.12. The first-order chi connectivity index (χ1) is 15.1. The number of halogens is 1. The number of ether oxygens (including phenoxy) is 1. The van der Waals surface area contributed by atoms with E-state index in [1.807, 2.05) is 35.3 Å². The lowest BCUT2D eigenvalue weighted by molar-refractivity contribution is 0.0809. The van der Waals surface area contributed by atoms with Crippen molar-refractivity contribution in [1.29, 1.82) is 0 Å². The topological polar surface area (TPSA) is 110 Å². The molecule has 1 aliphatic heterocycles. The SMILES string of the molecule is CC(F)Oc1ccc(NC(=O)c2n[nH]c3ccc(-c4cnn(C5CNC5)c4)cc23)cn1. The highest BCUT2D eigenvalue weighted by Gasteiger charge is 2.20. The van der Waals surface area contributed by atoms with Crippen LogP contribution in [0.4, 0.5) is 10.1 Å². The molecule has 10 heteroatoms. The van der Waals surface area contributed by atoms with Crippen molar-refractivity contribution in [2.45, 2.75) is 19.3 Å². The number of fused-ring (bicyclic) bond motifs is 1. The molecule has 4 aromatic rings. The van der Waals surface area contributed by atoms with Gasteiger partial charge in [-0.25, -0.2) is 9.37 Å². The summed E-state index contributed by atoms with van der Waals surface area (Å²) in [6.45, 7) is 3.10. The minimum Gasteiger partial charge on any atom is -0.444 e. The van der Waals surface area contributed by atoms with Crippen LogP contribution < -0.4 is 15.4 Å². The van der Waals surface area contributed by atoms with Gasteiger partial charge in [-0.15, -0.1) is 0 Å². The highest BCUT2D eigenvalue weighted by Crippen LogP contribution is 2.27. The third kappa shape index (κ3) is 3.84. The van der Waals surface area contributed by atoms with E-state index < -0.39 is 6.36 Å². The Kier molecular flexibility index (Phi) is 4.83. The fourth-order valence-electron chi connectivity index (χ4n) is 3.39. The minimum atomic E-state index is -1.46. The molecular weight excluding hydrogens is 401 g/mol. The third-order valence-electron chi connectivity index (χ3n) is 5.12. The molecule has 0 saturated carbocycles. The van der Waals surface area contributed by atoms with Crippen molar-refractivity contribution in [3.8, 4) is 17.0 Å². The van der Waals surface area contributed by atoms with Crippen LogP contribution >= 0.6 is 0 Å². The number of hydrogen-bond donors (Lipinski definition) is 3. The molecule has 0 radical (unpaired) electrons. The lowest BCUT2D eigenvalue weighted by atomic mass is 10.1. The van der Waals surface area contributed by atoms with Crippen LogP contribution in [-0.2, 0) is 0 Å². The molecule has 1 aromatic carbocycles. The summed E-state index contributed by atoms with van der Waals surface area (Å²) in [6.07, 6.45) is 3.78. The maximum atomic E-state index is 12.9. The average molecular weight is 421 g/mol. The van der Waals surface area contributed by atoms with Crippen molar-refractivity contribution in [1.82, 2.24) is 30.3 Å². The molecule has 5 rings (SSSR count). The summed E-state index contributed by atoms with van der Waals surface area (Å²) in [5, 5.41) is 18.2. The fraction of sp³-hybridized carbons (Fsp3) is 0.238. The molecule has 0 bridgehead atoms. The zero-order chi connectivity index (χ0) is 21.4. The van der Waals surface area contributed by atoms with Gasteiger partial charge in [0.15, 0.2) is 5.69 Å². The minimum absolute atomic E-state index is 0.140. The van der Waals surface area contributed by atoms with Crippen LogP contribution in [0.3, 0.4) is 0 Å². The summed E-state index contributed by atoms with van der Waals surface area (Å²) in [6, 6.07) is 9.24. The summed E-state index contributed by atoms with van der Waals surface area (Å²) in [5.41, 5.74) is 3.40. The van der Waals surface area contributed by atoms with Crippen LogP contribution in [0.15, 0.2) is 48.9 Å². The molecular formula is C21H20FN7O2. The van der Waals surface area contributed by atoms with E-state index in [-0.39, 0.29) is 17.5 Å². The van der Waals surface area contributed by atoms with Crippen LogP contribution in [0.5, 0.6) is 5.88 Å². The van der Waals surface area contributed by atoms with E-state index in [4.69, 9.17) is 4.74 Å². The van der Waals surface area contributed by atoms with Gasteiger partial charge in [-0.2, -0.15) is 10.2 Å². The summed E-state index contributed by atoms with van der Waals surface area (Å²) < 4.78 is 19.7. The second kappa shape index (κ2) is 7.80. The number of pyridine rings is 1. The Morgan fingerprint density at radius 2 is 2.13 bits per heavy atom. The number of hydrogen-bond acceptors (Lipinski definition) is 6. The Balaban J connectivity index is 1.37. The number of benzene rings is 1. The lowest BCUT2D eigenvalue weighted by Gasteiger charge is -2.27. The lowest BCUT2D eigenvalue weighted by Crippen LogP contribution is -2.43. The molecule has 0 aliphatic carbocycles. The fourth-order valence-corrected chi connectivity index (χ4v) is 3.39. The number of carbonyl (C=O) groups excluding carboxylic acids is 1. The predicted octanol–water partition coefficient (Wildman–Crippen LogP) is 2.91. The summed E-state index contributed by atoms with van der Waals surface area (Å²) in [5.74, 6) is -0.241. The number of nitrogens with zero attached hydrogens (tertiary/aromatic N) is 4. The van der Waals surface area contributed by atoms with Crippen LogP contribution in [0.25, 0.3) is 22.0 Å². The molecule has 4 heterocycles. The predicted molar refractivity (Wildman–Crippen MR) is 113 cm³/mol. The smallest absolute Gasteiger partial charge is 0.276 e. The normalized spacial score (nSPS) is 14.9. The average Bonchev–Trinajstić information content (AvgIpc) is 3.34. The number of anilines is 1. The van der Waals surface area contributed by atoms with E-state index in [0.29, 0.717) is 17.1 Å². The van der Waals surface area contributed by atoms with Gasteiger partial charge in [-0.05, 0) is 23.8 Å². The Morgan fingerprint density at radius 3 is 2.84 bits per heavy atom. The Labute approximate surface area is 176 Å². The van der Waals surface area contributed by atoms with Crippen molar-refractivity contribution in [3.63, 3.8) is 0 Å². The highest BCUT2D eigenvalue weighted by atomic mass is 19.1. The number of aromatic amines is 1. The van der Waals surface area contributed by atoms with Crippen LogP contribution in [0, 0.1) is 0 Å². The van der Waals surface area contributed by atoms with Crippen molar-refractivity contribution < 1.29 is 13.9 Å². The van der Waals surface area contributed by atoms with Gasteiger partial charge >= 0.3 is 0 Å². The maximum absolute atomic E-state index is 12.9. The standard InChI is InChI=1S/C21H20FN7O2/c1-12(22)31-19-5-3-15(8-24-19)26-21(30)20-17-6-13(2-4-18(17)27-28-20)14-7-25-29(11-14)16-9-23-10-16/h2-8,11-12,16,23H,9-10H2,1H3,(H,26,30)(H,27,28). The van der Waals surface area contributed by atoms with Crippen LogP contribution in [0.1, 0.15) is 23.5 Å². The van der Waals surface area contributed by atoms with E-state index in [1.54, 1.807) is 6.07 Å². The molecule has 158 valence electrons. The molecule has 9 nitrogen and oxygen atoms in total. The molecule has 0 spiro atoms. The molecule has 1 unspecified atom stereocenters. The second-order valence-electron chi connectivity index (χ2n) is 7.35. The van der Waals surface area contributed by atoms with Gasteiger partial charge in [0, 0.05) is 43.2 Å². The Hall–Kier alpha value is -3.79. The highest BCUT2D eigenvalue weighted by molar-refractivity contribution is 6.11. The molecule has 1 amide bonds. The summed E-state index contributed by atoms with van der Waals surface area (Å²) >= 11 is 0. The van der Waals surface area contributed by atoms with Gasteiger partial charge in [-0.3, -0.25) is 14.6 Å². The zero-order valence-corrected chi connectivity index (χ0v) is 16.7. The summed E-state index contributed by atoms with van der Waals surface area (Å²) in [4.78, 5) is 16.8. The molecule has 1 atom stereocenters. The molecule has 31 heavy (non-hydrogen) atoms. The molecule has 1 aliphatic rings. The molecule has 1 fully saturated rings. The van der Waals surface area contributed by atoms with Crippen molar-refractivity contribution in [2.75, 3.05) is 18.4 Å². The van der Waals surface area contributed by atoms with Gasteiger partial charge in [0.1, 0.15) is 0 Å². The molecule has 3 N–H and O–H groups in total. The number of nitrogens with one attached hydrogen (secondary N) is 3.